The molecule has 2 fully saturated rings. The van der Waals surface area contributed by atoms with Gasteiger partial charge in [0.2, 0.25) is 11.8 Å². The lowest BCUT2D eigenvalue weighted by Crippen LogP contribution is -2.53. The summed E-state index contributed by atoms with van der Waals surface area (Å²) in [7, 11) is 0. The topological polar surface area (TPSA) is 79.0 Å². The van der Waals surface area contributed by atoms with E-state index in [1.54, 1.807) is 4.90 Å². The highest BCUT2D eigenvalue weighted by Gasteiger charge is 2.40. The number of ether oxygens (including phenoxy) is 1. The van der Waals surface area contributed by atoms with Gasteiger partial charge in [0.05, 0.1) is 17.9 Å². The standard InChI is InChI=1S/C30H31N3O4/c1-18-15-32(16-19(2)37-18)17-21-8-6-20(7-9-21)14-22-10-11-25-28-23(22)4-3-5-24(28)30(36)33(25)26-12-13-27(34)31-29(26)35/h3-11,18-19,26H,12-17H2,1-2H3,(H,31,34,35). The number of nitrogens with one attached hydrogen (secondary N) is 1. The van der Waals surface area contributed by atoms with Gasteiger partial charge in [0.1, 0.15) is 6.04 Å². The first-order valence-electron chi connectivity index (χ1n) is 13.0. The van der Waals surface area contributed by atoms with Gasteiger partial charge in [-0.15, -0.1) is 0 Å². The summed E-state index contributed by atoms with van der Waals surface area (Å²) in [6.07, 6.45) is 1.83. The lowest BCUT2D eigenvalue weighted by molar-refractivity contribution is -0.134. The van der Waals surface area contributed by atoms with E-state index in [9.17, 15) is 14.4 Å². The second kappa shape index (κ2) is 9.39. The zero-order valence-electron chi connectivity index (χ0n) is 21.2. The Bertz CT molecular complexity index is 1390. The van der Waals surface area contributed by atoms with E-state index < -0.39 is 11.9 Å². The molecule has 7 heteroatoms. The smallest absolute Gasteiger partial charge is 0.259 e. The number of carbonyl (C=O) groups is 3. The third kappa shape index (κ3) is 4.43. The third-order valence-corrected chi connectivity index (χ3v) is 7.66. The van der Waals surface area contributed by atoms with E-state index in [0.717, 1.165) is 48.1 Å². The van der Waals surface area contributed by atoms with Crippen LogP contribution in [0.2, 0.25) is 0 Å². The fourth-order valence-electron chi connectivity index (χ4n) is 6.11. The van der Waals surface area contributed by atoms with Crippen LogP contribution in [0.1, 0.15) is 53.7 Å². The lowest BCUT2D eigenvalue weighted by Gasteiger charge is -2.35. The van der Waals surface area contributed by atoms with Crippen molar-refractivity contribution in [2.24, 2.45) is 0 Å². The van der Waals surface area contributed by atoms with Crippen LogP contribution >= 0.6 is 0 Å². The quantitative estimate of drug-likeness (QED) is 0.543. The van der Waals surface area contributed by atoms with Gasteiger partial charge >= 0.3 is 0 Å². The second-order valence-electron chi connectivity index (χ2n) is 10.6. The molecule has 37 heavy (non-hydrogen) atoms. The SMILES string of the molecule is CC1CN(Cc2ccc(Cc3ccc4c5c(cccc35)C(=O)N4C3CCC(=O)NC3=O)cc2)CC(C)O1. The molecule has 0 aliphatic carbocycles. The summed E-state index contributed by atoms with van der Waals surface area (Å²) in [6.45, 7) is 7.06. The molecular formula is C30H31N3O4. The molecule has 3 aromatic rings. The average Bonchev–Trinajstić information content (AvgIpc) is 3.14. The van der Waals surface area contributed by atoms with Gasteiger partial charge in [0, 0.05) is 37.0 Å². The van der Waals surface area contributed by atoms with E-state index in [0.29, 0.717) is 12.0 Å². The Morgan fingerprint density at radius 2 is 1.65 bits per heavy atom. The number of morpholine rings is 1. The number of carbonyl (C=O) groups excluding carboxylic acids is 3. The number of piperidine rings is 1. The first kappa shape index (κ1) is 23.8. The zero-order valence-corrected chi connectivity index (χ0v) is 21.2. The molecule has 0 radical (unpaired) electrons. The number of imide groups is 1. The predicted octanol–water partition coefficient (Wildman–Crippen LogP) is 3.81. The van der Waals surface area contributed by atoms with Crippen LogP contribution in [-0.2, 0) is 27.3 Å². The molecule has 2 saturated heterocycles. The van der Waals surface area contributed by atoms with Crippen molar-refractivity contribution in [2.45, 2.75) is 57.9 Å². The summed E-state index contributed by atoms with van der Waals surface area (Å²) in [4.78, 5) is 41.6. The van der Waals surface area contributed by atoms with Gasteiger partial charge in [-0.2, -0.15) is 0 Å². The van der Waals surface area contributed by atoms with Gasteiger partial charge < -0.3 is 4.74 Å². The minimum Gasteiger partial charge on any atom is -0.373 e. The molecule has 0 aromatic heterocycles. The highest BCUT2D eigenvalue weighted by Crippen LogP contribution is 2.41. The summed E-state index contributed by atoms with van der Waals surface area (Å²) < 4.78 is 5.85. The summed E-state index contributed by atoms with van der Waals surface area (Å²) in [5.74, 6) is -0.870. The molecule has 0 spiro atoms. The van der Waals surface area contributed by atoms with E-state index in [4.69, 9.17) is 4.74 Å². The van der Waals surface area contributed by atoms with Crippen molar-refractivity contribution in [3.05, 3.63) is 76.9 Å². The summed E-state index contributed by atoms with van der Waals surface area (Å²) in [5, 5.41) is 4.30. The molecule has 0 saturated carbocycles. The molecule has 3 aliphatic rings. The largest absolute Gasteiger partial charge is 0.373 e. The number of benzene rings is 3. The first-order valence-corrected chi connectivity index (χ1v) is 13.0. The van der Waals surface area contributed by atoms with Crippen LogP contribution in [0.3, 0.4) is 0 Å². The molecule has 190 valence electrons. The van der Waals surface area contributed by atoms with Crippen LogP contribution in [0.4, 0.5) is 5.69 Å². The van der Waals surface area contributed by atoms with Crippen molar-refractivity contribution in [3.63, 3.8) is 0 Å². The van der Waals surface area contributed by atoms with Gasteiger partial charge in [-0.1, -0.05) is 42.5 Å². The number of hydrogen-bond acceptors (Lipinski definition) is 5. The molecule has 1 N–H and O–H groups in total. The Labute approximate surface area is 216 Å². The second-order valence-corrected chi connectivity index (χ2v) is 10.6. The maximum absolute atomic E-state index is 13.4. The van der Waals surface area contributed by atoms with Crippen molar-refractivity contribution in [2.75, 3.05) is 18.0 Å². The molecule has 0 bridgehead atoms. The zero-order chi connectivity index (χ0) is 25.7. The van der Waals surface area contributed by atoms with Crippen molar-refractivity contribution in [1.82, 2.24) is 10.2 Å². The van der Waals surface area contributed by atoms with Crippen molar-refractivity contribution in [1.29, 1.82) is 0 Å². The van der Waals surface area contributed by atoms with Crippen LogP contribution in [0, 0.1) is 0 Å². The maximum Gasteiger partial charge on any atom is 0.259 e. The van der Waals surface area contributed by atoms with Crippen molar-refractivity contribution < 1.29 is 19.1 Å². The Hall–Kier alpha value is -3.55. The van der Waals surface area contributed by atoms with E-state index in [2.05, 4.69) is 54.4 Å². The predicted molar refractivity (Wildman–Crippen MR) is 141 cm³/mol. The normalized spacial score (nSPS) is 24.1. The average molecular weight is 498 g/mol. The van der Waals surface area contributed by atoms with Gasteiger partial charge in [-0.25, -0.2) is 0 Å². The Morgan fingerprint density at radius 1 is 0.919 bits per heavy atom. The molecule has 3 aliphatic heterocycles. The molecule has 3 aromatic carbocycles. The summed E-state index contributed by atoms with van der Waals surface area (Å²) >= 11 is 0. The molecule has 3 unspecified atom stereocenters. The van der Waals surface area contributed by atoms with E-state index in [1.165, 1.54) is 11.1 Å². The van der Waals surface area contributed by atoms with Crippen molar-refractivity contribution in [3.8, 4) is 0 Å². The highest BCUT2D eigenvalue weighted by molar-refractivity contribution is 6.27. The molecule has 3 heterocycles. The minimum absolute atomic E-state index is 0.177. The fraction of sp³-hybridized carbons (Fsp3) is 0.367. The number of anilines is 1. The maximum atomic E-state index is 13.4. The Balaban J connectivity index is 1.24. The van der Waals surface area contributed by atoms with Gasteiger partial charge in [-0.05, 0) is 60.9 Å². The van der Waals surface area contributed by atoms with Gasteiger partial charge in [-0.3, -0.25) is 29.5 Å². The number of amides is 3. The molecule has 3 amide bonds. The minimum atomic E-state index is -0.670. The van der Waals surface area contributed by atoms with E-state index in [-0.39, 0.29) is 30.4 Å². The Morgan fingerprint density at radius 3 is 2.38 bits per heavy atom. The van der Waals surface area contributed by atoms with E-state index >= 15 is 0 Å². The van der Waals surface area contributed by atoms with Crippen LogP contribution in [0.15, 0.2) is 54.6 Å². The van der Waals surface area contributed by atoms with Gasteiger partial charge in [0.25, 0.3) is 5.91 Å². The van der Waals surface area contributed by atoms with Crippen LogP contribution in [0.25, 0.3) is 10.8 Å². The highest BCUT2D eigenvalue weighted by atomic mass is 16.5. The molecule has 3 atom stereocenters. The summed E-state index contributed by atoms with van der Waals surface area (Å²) in [5.41, 5.74) is 5.00. The number of nitrogens with zero attached hydrogens (tertiary/aromatic N) is 2. The van der Waals surface area contributed by atoms with Crippen LogP contribution < -0.4 is 10.2 Å². The number of hydrogen-bond donors (Lipinski definition) is 1. The number of rotatable bonds is 5. The molecule has 7 nitrogen and oxygen atoms in total. The van der Waals surface area contributed by atoms with E-state index in [1.807, 2.05) is 24.3 Å². The first-order chi connectivity index (χ1) is 17.9. The summed E-state index contributed by atoms with van der Waals surface area (Å²) in [6, 6.07) is 17.9. The molecule has 6 rings (SSSR count). The third-order valence-electron chi connectivity index (χ3n) is 7.66. The van der Waals surface area contributed by atoms with Gasteiger partial charge in [0.15, 0.2) is 0 Å². The van der Waals surface area contributed by atoms with Crippen molar-refractivity contribution >= 4 is 34.2 Å². The van der Waals surface area contributed by atoms with Crippen LogP contribution in [-0.4, -0.2) is 54.0 Å². The lowest BCUT2D eigenvalue weighted by atomic mass is 9.95. The monoisotopic (exact) mass is 497 g/mol. The molecular weight excluding hydrogens is 466 g/mol. The fourth-order valence-corrected chi connectivity index (χ4v) is 6.11. The Kier molecular flexibility index (Phi) is 6.05. The van der Waals surface area contributed by atoms with Crippen LogP contribution in [0.5, 0.6) is 0 Å².